The van der Waals surface area contributed by atoms with Crippen LogP contribution in [-0.4, -0.2) is 15.5 Å². The van der Waals surface area contributed by atoms with E-state index in [9.17, 15) is 4.79 Å². The van der Waals surface area contributed by atoms with Crippen LogP contribution in [0.4, 0.5) is 0 Å². The Labute approximate surface area is 110 Å². The predicted molar refractivity (Wildman–Crippen MR) is 71.7 cm³/mol. The van der Waals surface area contributed by atoms with Crippen LogP contribution < -0.4 is 11.3 Å². The summed E-state index contributed by atoms with van der Waals surface area (Å²) < 4.78 is 2.01. The highest BCUT2D eigenvalue weighted by Gasteiger charge is 2.23. The van der Waals surface area contributed by atoms with Crippen LogP contribution in [0.25, 0.3) is 10.7 Å². The molecule has 18 heavy (non-hydrogen) atoms. The van der Waals surface area contributed by atoms with E-state index in [4.69, 9.17) is 5.84 Å². The Balaban J connectivity index is 2.29. The monoisotopic (exact) mass is 264 g/mol. The van der Waals surface area contributed by atoms with Gasteiger partial charge in [-0.1, -0.05) is 13.0 Å². The number of hydrazine groups is 1. The molecule has 0 saturated heterocycles. The zero-order chi connectivity index (χ0) is 13.1. The smallest absolute Gasteiger partial charge is 0.238 e. The first-order valence-corrected chi connectivity index (χ1v) is 6.60. The molecule has 0 aromatic carbocycles. The number of thiophene rings is 1. The predicted octanol–water partition coefficient (Wildman–Crippen LogP) is 1.80. The number of nitrogens with two attached hydrogens (primary N) is 1. The number of nitrogens with one attached hydrogen (secondary N) is 1. The molecule has 2 unspecified atom stereocenters. The second-order valence-corrected chi connectivity index (χ2v) is 5.12. The summed E-state index contributed by atoms with van der Waals surface area (Å²) in [6.45, 7) is 3.84. The summed E-state index contributed by atoms with van der Waals surface area (Å²) in [4.78, 5) is 17.0. The van der Waals surface area contributed by atoms with E-state index in [1.54, 1.807) is 17.5 Å². The number of carbonyl (C=O) groups is 1. The Morgan fingerprint density at radius 3 is 2.94 bits per heavy atom. The zero-order valence-corrected chi connectivity index (χ0v) is 11.1. The van der Waals surface area contributed by atoms with Gasteiger partial charge in [0.2, 0.25) is 5.91 Å². The highest BCUT2D eigenvalue weighted by molar-refractivity contribution is 7.13. The molecule has 2 aromatic heterocycles. The molecule has 0 aliphatic heterocycles. The SMILES string of the molecule is CC(C(=O)NN)C(C)n1ccnc1-c1cccs1. The quantitative estimate of drug-likeness (QED) is 0.502. The molecule has 0 fully saturated rings. The normalized spacial score (nSPS) is 14.2. The van der Waals surface area contributed by atoms with Crippen LogP contribution in [0, 0.1) is 5.92 Å². The van der Waals surface area contributed by atoms with Gasteiger partial charge in [-0.05, 0) is 18.4 Å². The number of rotatable bonds is 4. The molecule has 5 nitrogen and oxygen atoms in total. The minimum atomic E-state index is -0.220. The first-order valence-electron chi connectivity index (χ1n) is 5.72. The summed E-state index contributed by atoms with van der Waals surface area (Å²) in [7, 11) is 0. The van der Waals surface area contributed by atoms with Crippen molar-refractivity contribution in [3.63, 3.8) is 0 Å². The maximum absolute atomic E-state index is 11.6. The lowest BCUT2D eigenvalue weighted by molar-refractivity contribution is -0.125. The molecule has 2 atom stereocenters. The minimum absolute atomic E-state index is 0.00634. The van der Waals surface area contributed by atoms with E-state index in [1.807, 2.05) is 42.1 Å². The van der Waals surface area contributed by atoms with Crippen molar-refractivity contribution in [2.24, 2.45) is 11.8 Å². The molecule has 2 heterocycles. The van der Waals surface area contributed by atoms with Crippen LogP contribution in [0.2, 0.25) is 0 Å². The fourth-order valence-electron chi connectivity index (χ4n) is 1.83. The molecule has 0 saturated carbocycles. The average molecular weight is 264 g/mol. The first kappa shape index (κ1) is 12.8. The molecule has 6 heteroatoms. The standard InChI is InChI=1S/C12H16N4OS/c1-8(12(17)15-13)9(2)16-6-5-14-11(16)10-4-3-7-18-10/h3-9H,13H2,1-2H3,(H,15,17). The van der Waals surface area contributed by atoms with Gasteiger partial charge in [0.1, 0.15) is 5.82 Å². The van der Waals surface area contributed by atoms with Crippen molar-refractivity contribution >= 4 is 17.2 Å². The average Bonchev–Trinajstić information content (AvgIpc) is 3.05. The van der Waals surface area contributed by atoms with Gasteiger partial charge in [0.15, 0.2) is 0 Å². The van der Waals surface area contributed by atoms with Crippen molar-refractivity contribution in [1.82, 2.24) is 15.0 Å². The number of carbonyl (C=O) groups excluding carboxylic acids is 1. The van der Waals surface area contributed by atoms with Gasteiger partial charge >= 0.3 is 0 Å². The number of aromatic nitrogens is 2. The van der Waals surface area contributed by atoms with Crippen LogP contribution in [-0.2, 0) is 4.79 Å². The molecular formula is C12H16N4OS. The number of hydrogen-bond acceptors (Lipinski definition) is 4. The number of nitrogens with zero attached hydrogens (tertiary/aromatic N) is 2. The van der Waals surface area contributed by atoms with Crippen LogP contribution in [0.15, 0.2) is 29.9 Å². The third kappa shape index (κ3) is 2.30. The molecule has 2 rings (SSSR count). The molecule has 0 aliphatic carbocycles. The van der Waals surface area contributed by atoms with E-state index < -0.39 is 0 Å². The molecule has 1 amide bonds. The van der Waals surface area contributed by atoms with Crippen LogP contribution in [0.3, 0.4) is 0 Å². The lowest BCUT2D eigenvalue weighted by Crippen LogP contribution is -2.37. The number of imidazole rings is 1. The van der Waals surface area contributed by atoms with E-state index in [2.05, 4.69) is 10.4 Å². The van der Waals surface area contributed by atoms with Crippen molar-refractivity contribution in [2.45, 2.75) is 19.9 Å². The second-order valence-electron chi connectivity index (χ2n) is 4.17. The Kier molecular flexibility index (Phi) is 3.78. The Hall–Kier alpha value is -1.66. The summed E-state index contributed by atoms with van der Waals surface area (Å²) >= 11 is 1.63. The molecule has 0 aliphatic rings. The van der Waals surface area contributed by atoms with Crippen molar-refractivity contribution in [2.75, 3.05) is 0 Å². The van der Waals surface area contributed by atoms with Gasteiger partial charge in [0.05, 0.1) is 10.8 Å². The molecular weight excluding hydrogens is 248 g/mol. The highest BCUT2D eigenvalue weighted by Crippen LogP contribution is 2.28. The van der Waals surface area contributed by atoms with E-state index in [1.165, 1.54) is 0 Å². The molecule has 0 spiro atoms. The van der Waals surface area contributed by atoms with Crippen molar-refractivity contribution < 1.29 is 4.79 Å². The van der Waals surface area contributed by atoms with E-state index >= 15 is 0 Å². The van der Waals surface area contributed by atoms with Crippen molar-refractivity contribution in [3.05, 3.63) is 29.9 Å². The topological polar surface area (TPSA) is 72.9 Å². The lowest BCUT2D eigenvalue weighted by Gasteiger charge is -2.21. The summed E-state index contributed by atoms with van der Waals surface area (Å²) in [5.41, 5.74) is 2.19. The third-order valence-corrected chi connectivity index (χ3v) is 3.99. The molecule has 96 valence electrons. The van der Waals surface area contributed by atoms with E-state index in [-0.39, 0.29) is 17.9 Å². The first-order chi connectivity index (χ1) is 8.65. The molecule has 0 bridgehead atoms. The van der Waals surface area contributed by atoms with Crippen LogP contribution in [0.1, 0.15) is 19.9 Å². The van der Waals surface area contributed by atoms with Gasteiger partial charge in [0.25, 0.3) is 0 Å². The second kappa shape index (κ2) is 5.32. The van der Waals surface area contributed by atoms with E-state index in [0.29, 0.717) is 0 Å². The summed E-state index contributed by atoms with van der Waals surface area (Å²) in [5, 5.41) is 2.01. The van der Waals surface area contributed by atoms with Gasteiger partial charge in [-0.2, -0.15) is 0 Å². The largest absolute Gasteiger partial charge is 0.327 e. The van der Waals surface area contributed by atoms with Crippen LogP contribution in [0.5, 0.6) is 0 Å². The molecule has 2 aromatic rings. The van der Waals surface area contributed by atoms with E-state index in [0.717, 1.165) is 10.7 Å². The Morgan fingerprint density at radius 1 is 1.56 bits per heavy atom. The van der Waals surface area contributed by atoms with Gasteiger partial charge < -0.3 is 4.57 Å². The highest BCUT2D eigenvalue weighted by atomic mass is 32.1. The Bertz CT molecular complexity index is 520. The van der Waals surface area contributed by atoms with Gasteiger partial charge in [-0.15, -0.1) is 11.3 Å². The van der Waals surface area contributed by atoms with Crippen molar-refractivity contribution in [1.29, 1.82) is 0 Å². The van der Waals surface area contributed by atoms with Crippen molar-refractivity contribution in [3.8, 4) is 10.7 Å². The fourth-order valence-corrected chi connectivity index (χ4v) is 2.55. The van der Waals surface area contributed by atoms with Gasteiger partial charge in [-0.3, -0.25) is 10.2 Å². The molecule has 3 N–H and O–H groups in total. The zero-order valence-electron chi connectivity index (χ0n) is 10.3. The minimum Gasteiger partial charge on any atom is -0.327 e. The summed E-state index contributed by atoms with van der Waals surface area (Å²) in [5.74, 6) is 5.67. The van der Waals surface area contributed by atoms with Crippen LogP contribution >= 0.6 is 11.3 Å². The lowest BCUT2D eigenvalue weighted by atomic mass is 10.0. The maximum Gasteiger partial charge on any atom is 0.238 e. The van der Waals surface area contributed by atoms with Gasteiger partial charge in [0, 0.05) is 18.4 Å². The molecule has 0 radical (unpaired) electrons. The Morgan fingerprint density at radius 2 is 2.33 bits per heavy atom. The summed E-state index contributed by atoms with van der Waals surface area (Å²) in [6.07, 6.45) is 3.64. The number of hydrogen-bond donors (Lipinski definition) is 2. The number of amides is 1. The summed E-state index contributed by atoms with van der Waals surface area (Å²) in [6, 6.07) is 4.00. The third-order valence-electron chi connectivity index (χ3n) is 3.13. The van der Waals surface area contributed by atoms with Gasteiger partial charge in [-0.25, -0.2) is 10.8 Å². The maximum atomic E-state index is 11.6. The fraction of sp³-hybridized carbons (Fsp3) is 0.333.